The van der Waals surface area contributed by atoms with E-state index in [-0.39, 0.29) is 17.0 Å². The van der Waals surface area contributed by atoms with Gasteiger partial charge in [0.25, 0.3) is 5.91 Å². The summed E-state index contributed by atoms with van der Waals surface area (Å²) >= 11 is 0. The zero-order chi connectivity index (χ0) is 12.4. The minimum atomic E-state index is -0.558. The van der Waals surface area contributed by atoms with Crippen molar-refractivity contribution in [2.45, 2.75) is 6.92 Å². The normalized spacial score (nSPS) is 17.5. The first-order chi connectivity index (χ1) is 8.09. The minimum absolute atomic E-state index is 0.188. The van der Waals surface area contributed by atoms with Gasteiger partial charge in [0, 0.05) is 0 Å². The molecule has 1 aromatic carbocycles. The van der Waals surface area contributed by atoms with Crippen LogP contribution in [0.3, 0.4) is 0 Å². The molecule has 1 aliphatic heterocycles. The van der Waals surface area contributed by atoms with Crippen molar-refractivity contribution in [2.75, 3.05) is 0 Å². The quantitative estimate of drug-likeness (QED) is 0.756. The summed E-state index contributed by atoms with van der Waals surface area (Å²) in [4.78, 5) is 22.6. The van der Waals surface area contributed by atoms with Gasteiger partial charge in [-0.3, -0.25) is 9.59 Å². The number of aliphatic hydroxyl groups excluding tert-OH is 1. The van der Waals surface area contributed by atoms with Gasteiger partial charge in [-0.2, -0.15) is 0 Å². The summed E-state index contributed by atoms with van der Waals surface area (Å²) in [5.41, 5.74) is 0.901. The average Bonchev–Trinajstić information content (AvgIpc) is 2.55. The largest absolute Gasteiger partial charge is 0.505 e. The Morgan fingerprint density at radius 1 is 1.29 bits per heavy atom. The molecular formula is C13H11NO3. The fourth-order valence-electron chi connectivity index (χ4n) is 1.63. The number of hydrogen-bond acceptors (Lipinski definition) is 3. The zero-order valence-corrected chi connectivity index (χ0v) is 9.23. The van der Waals surface area contributed by atoms with Crippen molar-refractivity contribution in [2.24, 2.45) is 0 Å². The Balaban J connectivity index is 2.41. The van der Waals surface area contributed by atoms with Crippen molar-refractivity contribution in [1.82, 2.24) is 5.32 Å². The van der Waals surface area contributed by atoms with Crippen LogP contribution < -0.4 is 5.32 Å². The van der Waals surface area contributed by atoms with E-state index in [0.717, 1.165) is 5.56 Å². The molecule has 4 heteroatoms. The number of hydrogen-bond donors (Lipinski definition) is 2. The summed E-state index contributed by atoms with van der Waals surface area (Å²) in [6.07, 6.45) is 1.61. The number of nitrogens with one attached hydrogen (secondary N) is 1. The molecule has 2 N–H and O–H groups in total. The predicted molar refractivity (Wildman–Crippen MR) is 62.9 cm³/mol. The van der Waals surface area contributed by atoms with Crippen LogP contribution in [0.1, 0.15) is 12.5 Å². The fourth-order valence-corrected chi connectivity index (χ4v) is 1.63. The van der Waals surface area contributed by atoms with Crippen molar-refractivity contribution >= 4 is 17.8 Å². The van der Waals surface area contributed by atoms with E-state index in [1.165, 1.54) is 6.92 Å². The standard InChI is InChI=1S/C13H11NO3/c1-8(15)11-12(16)10(14-13(11)17)7-9-5-3-2-4-6-9/h2-7,16H,1H3,(H,14,17). The maximum atomic E-state index is 11.4. The predicted octanol–water partition coefficient (Wildman–Crippen LogP) is 1.56. The van der Waals surface area contributed by atoms with Crippen LogP contribution in [0, 0.1) is 0 Å². The van der Waals surface area contributed by atoms with Gasteiger partial charge in [-0.05, 0) is 18.6 Å². The van der Waals surface area contributed by atoms with Gasteiger partial charge in [0.1, 0.15) is 5.57 Å². The Morgan fingerprint density at radius 3 is 2.47 bits per heavy atom. The van der Waals surface area contributed by atoms with Gasteiger partial charge in [0.05, 0.1) is 5.70 Å². The van der Waals surface area contributed by atoms with Crippen LogP contribution >= 0.6 is 0 Å². The second-order valence-electron chi connectivity index (χ2n) is 3.70. The SMILES string of the molecule is CC(=O)C1=C(O)C(=Cc2ccccc2)NC1=O. The van der Waals surface area contributed by atoms with Crippen LogP contribution in [0.25, 0.3) is 6.08 Å². The number of ketones is 1. The molecule has 17 heavy (non-hydrogen) atoms. The Hall–Kier alpha value is -2.36. The van der Waals surface area contributed by atoms with Gasteiger partial charge >= 0.3 is 0 Å². The van der Waals surface area contributed by atoms with E-state index in [1.807, 2.05) is 30.3 Å². The lowest BCUT2D eigenvalue weighted by Gasteiger charge is -1.99. The van der Waals surface area contributed by atoms with Crippen LogP contribution in [0.5, 0.6) is 0 Å². The van der Waals surface area contributed by atoms with Gasteiger partial charge < -0.3 is 10.4 Å². The topological polar surface area (TPSA) is 66.4 Å². The lowest BCUT2D eigenvalue weighted by Crippen LogP contribution is -2.18. The molecule has 0 fully saturated rings. The Kier molecular flexibility index (Phi) is 2.78. The molecule has 0 atom stereocenters. The number of carbonyl (C=O) groups excluding carboxylic acids is 2. The molecule has 4 nitrogen and oxygen atoms in total. The summed E-state index contributed by atoms with van der Waals surface area (Å²) in [6.45, 7) is 1.25. The first-order valence-electron chi connectivity index (χ1n) is 5.12. The maximum Gasteiger partial charge on any atom is 0.263 e. The van der Waals surface area contributed by atoms with E-state index in [2.05, 4.69) is 5.32 Å². The second-order valence-corrected chi connectivity index (χ2v) is 3.70. The van der Waals surface area contributed by atoms with E-state index in [0.29, 0.717) is 0 Å². The smallest absolute Gasteiger partial charge is 0.263 e. The van der Waals surface area contributed by atoms with Crippen molar-refractivity contribution in [3.63, 3.8) is 0 Å². The van der Waals surface area contributed by atoms with Gasteiger partial charge in [-0.15, -0.1) is 0 Å². The molecule has 86 valence electrons. The highest BCUT2D eigenvalue weighted by Crippen LogP contribution is 2.21. The second kappa shape index (κ2) is 4.25. The van der Waals surface area contributed by atoms with Gasteiger partial charge in [-0.1, -0.05) is 30.3 Å². The molecule has 1 aliphatic rings. The Bertz CT molecular complexity index is 541. The van der Waals surface area contributed by atoms with E-state index >= 15 is 0 Å². The Labute approximate surface area is 98.3 Å². The lowest BCUT2D eigenvalue weighted by molar-refractivity contribution is -0.120. The number of benzene rings is 1. The number of Topliss-reactive ketones (excluding diaryl/α,β-unsaturated/α-hetero) is 1. The molecule has 0 saturated carbocycles. The third-order valence-electron chi connectivity index (χ3n) is 2.43. The molecule has 0 bridgehead atoms. The van der Waals surface area contributed by atoms with Crippen molar-refractivity contribution in [3.8, 4) is 0 Å². The molecule has 0 radical (unpaired) electrons. The lowest BCUT2D eigenvalue weighted by atomic mass is 10.1. The molecule has 2 rings (SSSR count). The average molecular weight is 229 g/mol. The first-order valence-corrected chi connectivity index (χ1v) is 5.12. The van der Waals surface area contributed by atoms with Crippen LogP contribution in [0.4, 0.5) is 0 Å². The first kappa shape index (κ1) is 11.1. The molecule has 0 saturated heterocycles. The van der Waals surface area contributed by atoms with Crippen LogP contribution in [-0.2, 0) is 9.59 Å². The Morgan fingerprint density at radius 2 is 1.94 bits per heavy atom. The maximum absolute atomic E-state index is 11.4. The summed E-state index contributed by atoms with van der Waals surface area (Å²) in [7, 11) is 0. The van der Waals surface area contributed by atoms with E-state index < -0.39 is 11.7 Å². The number of amides is 1. The van der Waals surface area contributed by atoms with Crippen molar-refractivity contribution in [3.05, 3.63) is 52.9 Å². The molecule has 0 spiro atoms. The van der Waals surface area contributed by atoms with E-state index in [1.54, 1.807) is 6.08 Å². The fraction of sp³-hybridized carbons (Fsp3) is 0.0769. The van der Waals surface area contributed by atoms with Crippen molar-refractivity contribution in [1.29, 1.82) is 0 Å². The third-order valence-corrected chi connectivity index (χ3v) is 2.43. The molecule has 1 heterocycles. The molecular weight excluding hydrogens is 218 g/mol. The molecule has 0 unspecified atom stereocenters. The van der Waals surface area contributed by atoms with Crippen molar-refractivity contribution < 1.29 is 14.7 Å². The van der Waals surface area contributed by atoms with E-state index in [9.17, 15) is 14.7 Å². The highest BCUT2D eigenvalue weighted by molar-refractivity contribution is 6.22. The number of carbonyl (C=O) groups is 2. The zero-order valence-electron chi connectivity index (χ0n) is 9.23. The minimum Gasteiger partial charge on any atom is -0.505 e. The molecule has 0 aromatic heterocycles. The number of aliphatic hydroxyl groups is 1. The third kappa shape index (κ3) is 2.10. The van der Waals surface area contributed by atoms with Gasteiger partial charge in [-0.25, -0.2) is 0 Å². The monoisotopic (exact) mass is 229 g/mol. The van der Waals surface area contributed by atoms with Gasteiger partial charge in [0.15, 0.2) is 11.5 Å². The van der Waals surface area contributed by atoms with Crippen LogP contribution in [0.2, 0.25) is 0 Å². The van der Waals surface area contributed by atoms with Crippen LogP contribution in [-0.4, -0.2) is 16.8 Å². The highest BCUT2D eigenvalue weighted by Gasteiger charge is 2.29. The van der Waals surface area contributed by atoms with Gasteiger partial charge in [0.2, 0.25) is 0 Å². The highest BCUT2D eigenvalue weighted by atomic mass is 16.3. The molecule has 1 aromatic rings. The summed E-state index contributed by atoms with van der Waals surface area (Å²) in [5, 5.41) is 12.2. The number of rotatable bonds is 2. The van der Waals surface area contributed by atoms with Crippen LogP contribution in [0.15, 0.2) is 47.4 Å². The molecule has 1 amide bonds. The molecule has 0 aliphatic carbocycles. The summed E-state index contributed by atoms with van der Waals surface area (Å²) < 4.78 is 0. The summed E-state index contributed by atoms with van der Waals surface area (Å²) in [6, 6.07) is 9.22. The van der Waals surface area contributed by atoms with E-state index in [4.69, 9.17) is 0 Å². The summed E-state index contributed by atoms with van der Waals surface area (Å²) in [5.74, 6) is -1.29.